The normalized spacial score (nSPS) is 12.1. The number of alkyl halides is 3. The lowest BCUT2D eigenvalue weighted by molar-refractivity contribution is -0.143. The summed E-state index contributed by atoms with van der Waals surface area (Å²) in [4.78, 5) is 3.71. The third kappa shape index (κ3) is 2.25. The molecule has 2 N–H and O–H groups in total. The molecule has 0 spiro atoms. The largest absolute Gasteiger partial charge is 0.432 e. The first-order valence-electron chi connectivity index (χ1n) is 4.24. The molecule has 0 aromatic carbocycles. The second-order valence-electron chi connectivity index (χ2n) is 3.01. The summed E-state index contributed by atoms with van der Waals surface area (Å²) < 4.78 is 38.0. The molecule has 0 saturated heterocycles. The Balaban J connectivity index is 2.86. The number of halogens is 3. The summed E-state index contributed by atoms with van der Waals surface area (Å²) in [6, 6.07) is 0. The Morgan fingerprint density at radius 2 is 2.14 bits per heavy atom. The monoisotopic (exact) mass is 207 g/mol. The van der Waals surface area contributed by atoms with E-state index >= 15 is 0 Å². The number of aromatic nitrogens is 2. The lowest BCUT2D eigenvalue weighted by Crippen LogP contribution is -2.13. The van der Waals surface area contributed by atoms with E-state index in [0.29, 0.717) is 25.2 Å². The average molecular weight is 207 g/mol. The van der Waals surface area contributed by atoms with Crippen molar-refractivity contribution in [2.45, 2.75) is 19.0 Å². The van der Waals surface area contributed by atoms with Crippen LogP contribution in [0, 0.1) is 0 Å². The summed E-state index contributed by atoms with van der Waals surface area (Å²) >= 11 is 0. The summed E-state index contributed by atoms with van der Waals surface area (Å²) in [5.74, 6) is 0.419. The van der Waals surface area contributed by atoms with Crippen LogP contribution in [0.25, 0.3) is 0 Å². The third-order valence-corrected chi connectivity index (χ3v) is 1.98. The van der Waals surface area contributed by atoms with Gasteiger partial charge in [0.1, 0.15) is 11.5 Å². The molecule has 80 valence electrons. The highest BCUT2D eigenvalue weighted by molar-refractivity contribution is 5.08. The molecule has 1 aromatic heterocycles. The molecule has 0 aliphatic carbocycles. The van der Waals surface area contributed by atoms with E-state index in [2.05, 4.69) is 4.98 Å². The van der Waals surface area contributed by atoms with E-state index in [4.69, 9.17) is 5.73 Å². The van der Waals surface area contributed by atoms with Gasteiger partial charge in [-0.25, -0.2) is 4.98 Å². The van der Waals surface area contributed by atoms with Gasteiger partial charge in [-0.15, -0.1) is 0 Å². The van der Waals surface area contributed by atoms with Gasteiger partial charge in [0.25, 0.3) is 0 Å². The van der Waals surface area contributed by atoms with Gasteiger partial charge in [-0.1, -0.05) is 0 Å². The molecule has 0 amide bonds. The zero-order valence-electron chi connectivity index (χ0n) is 7.80. The van der Waals surface area contributed by atoms with Crippen molar-refractivity contribution in [1.82, 2.24) is 9.55 Å². The minimum Gasteiger partial charge on any atom is -0.330 e. The maximum absolute atomic E-state index is 12.3. The van der Waals surface area contributed by atoms with E-state index in [1.807, 2.05) is 0 Å². The molecule has 0 saturated carbocycles. The van der Waals surface area contributed by atoms with Crippen LogP contribution in [0.3, 0.4) is 0 Å². The highest BCUT2D eigenvalue weighted by Crippen LogP contribution is 2.29. The summed E-state index contributed by atoms with van der Waals surface area (Å²) in [6.07, 6.45) is -2.36. The number of nitrogens with zero attached hydrogens (tertiary/aromatic N) is 2. The predicted octanol–water partition coefficient (Wildman–Crippen LogP) is 1.33. The zero-order chi connectivity index (χ0) is 10.8. The lowest BCUT2D eigenvalue weighted by Gasteiger charge is -2.08. The van der Waals surface area contributed by atoms with Gasteiger partial charge < -0.3 is 10.3 Å². The molecule has 0 radical (unpaired) electrons. The molecule has 3 nitrogen and oxygen atoms in total. The van der Waals surface area contributed by atoms with Crippen LogP contribution in [-0.4, -0.2) is 16.1 Å². The lowest BCUT2D eigenvalue weighted by atomic mass is 10.3. The van der Waals surface area contributed by atoms with Crippen LogP contribution in [0.4, 0.5) is 13.2 Å². The van der Waals surface area contributed by atoms with Crippen LogP contribution in [0.15, 0.2) is 6.20 Å². The highest BCUT2D eigenvalue weighted by Gasteiger charge is 2.34. The SMILES string of the molecule is Cn1c(C(F)(F)F)cnc1CCCN. The minimum absolute atomic E-state index is 0.419. The van der Waals surface area contributed by atoms with Gasteiger partial charge in [-0.05, 0) is 13.0 Å². The van der Waals surface area contributed by atoms with Gasteiger partial charge >= 0.3 is 6.18 Å². The summed E-state index contributed by atoms with van der Waals surface area (Å²) in [5.41, 5.74) is 4.54. The van der Waals surface area contributed by atoms with Gasteiger partial charge in [0, 0.05) is 13.5 Å². The van der Waals surface area contributed by atoms with Crippen molar-refractivity contribution >= 4 is 0 Å². The van der Waals surface area contributed by atoms with E-state index in [1.54, 1.807) is 0 Å². The van der Waals surface area contributed by atoms with Gasteiger partial charge in [0.05, 0.1) is 6.20 Å². The van der Waals surface area contributed by atoms with Crippen LogP contribution in [0.2, 0.25) is 0 Å². The molecular weight excluding hydrogens is 195 g/mol. The van der Waals surface area contributed by atoms with Crippen LogP contribution < -0.4 is 5.73 Å². The fourth-order valence-corrected chi connectivity index (χ4v) is 1.20. The number of nitrogens with two attached hydrogens (primary N) is 1. The second kappa shape index (κ2) is 4.00. The average Bonchev–Trinajstić information content (AvgIpc) is 2.42. The molecule has 14 heavy (non-hydrogen) atoms. The van der Waals surface area contributed by atoms with E-state index in [1.165, 1.54) is 7.05 Å². The number of hydrogen-bond acceptors (Lipinski definition) is 2. The molecule has 0 aliphatic heterocycles. The summed E-state index contributed by atoms with van der Waals surface area (Å²) in [5, 5.41) is 0. The summed E-state index contributed by atoms with van der Waals surface area (Å²) in [7, 11) is 1.36. The first-order valence-corrected chi connectivity index (χ1v) is 4.24. The van der Waals surface area contributed by atoms with Crippen molar-refractivity contribution in [2.75, 3.05) is 6.54 Å². The van der Waals surface area contributed by atoms with Gasteiger partial charge in [-0.2, -0.15) is 13.2 Å². The van der Waals surface area contributed by atoms with E-state index in [-0.39, 0.29) is 0 Å². The van der Waals surface area contributed by atoms with Gasteiger partial charge in [0.2, 0.25) is 0 Å². The second-order valence-corrected chi connectivity index (χ2v) is 3.01. The van der Waals surface area contributed by atoms with Crippen LogP contribution in [0.1, 0.15) is 17.9 Å². The summed E-state index contributed by atoms with van der Waals surface area (Å²) in [6.45, 7) is 0.453. The Morgan fingerprint density at radius 1 is 1.50 bits per heavy atom. The molecule has 0 bridgehead atoms. The van der Waals surface area contributed by atoms with Gasteiger partial charge in [0.15, 0.2) is 0 Å². The maximum Gasteiger partial charge on any atom is 0.432 e. The molecule has 0 atom stereocenters. The van der Waals surface area contributed by atoms with Crippen molar-refractivity contribution < 1.29 is 13.2 Å². The minimum atomic E-state index is -4.33. The van der Waals surface area contributed by atoms with Crippen molar-refractivity contribution in [2.24, 2.45) is 12.8 Å². The highest BCUT2D eigenvalue weighted by atomic mass is 19.4. The van der Waals surface area contributed by atoms with Crippen molar-refractivity contribution in [1.29, 1.82) is 0 Å². The molecule has 1 heterocycles. The molecule has 0 aliphatic rings. The smallest absolute Gasteiger partial charge is 0.330 e. The first kappa shape index (κ1) is 11.0. The number of aryl methyl sites for hydroxylation is 1. The van der Waals surface area contributed by atoms with Crippen LogP contribution >= 0.6 is 0 Å². The number of imidazole rings is 1. The zero-order valence-corrected chi connectivity index (χ0v) is 7.80. The topological polar surface area (TPSA) is 43.8 Å². The van der Waals surface area contributed by atoms with Crippen molar-refractivity contribution in [3.8, 4) is 0 Å². The maximum atomic E-state index is 12.3. The first-order chi connectivity index (χ1) is 6.46. The third-order valence-electron chi connectivity index (χ3n) is 1.98. The van der Waals surface area contributed by atoms with Crippen molar-refractivity contribution in [3.63, 3.8) is 0 Å². The van der Waals surface area contributed by atoms with Gasteiger partial charge in [-0.3, -0.25) is 0 Å². The van der Waals surface area contributed by atoms with E-state index < -0.39 is 11.9 Å². The van der Waals surface area contributed by atoms with Crippen LogP contribution in [0.5, 0.6) is 0 Å². The predicted molar refractivity (Wildman–Crippen MR) is 45.6 cm³/mol. The number of rotatable bonds is 3. The molecule has 6 heteroatoms. The Hall–Kier alpha value is -1.04. The molecule has 1 rings (SSSR count). The molecule has 0 fully saturated rings. The molecular formula is C8H12F3N3. The molecule has 0 unspecified atom stereocenters. The van der Waals surface area contributed by atoms with Crippen molar-refractivity contribution in [3.05, 3.63) is 17.7 Å². The van der Waals surface area contributed by atoms with Crippen LogP contribution in [-0.2, 0) is 19.6 Å². The quantitative estimate of drug-likeness (QED) is 0.812. The van der Waals surface area contributed by atoms with E-state index in [9.17, 15) is 13.2 Å². The van der Waals surface area contributed by atoms with E-state index in [0.717, 1.165) is 10.8 Å². The standard InChI is InChI=1S/C8H12F3N3/c1-14-6(8(9,10)11)5-13-7(14)3-2-4-12/h5H,2-4,12H2,1H3. The Bertz CT molecular complexity index is 303. The Morgan fingerprint density at radius 3 is 2.57 bits per heavy atom. The Labute approximate surface area is 79.7 Å². The fraction of sp³-hybridized carbons (Fsp3) is 0.625. The number of hydrogen-bond donors (Lipinski definition) is 1. The molecule has 1 aromatic rings. The fourth-order valence-electron chi connectivity index (χ4n) is 1.20. The Kier molecular flexibility index (Phi) is 3.15.